The predicted molar refractivity (Wildman–Crippen MR) is 153 cm³/mol. The summed E-state index contributed by atoms with van der Waals surface area (Å²) >= 11 is 0. The Morgan fingerprint density at radius 2 is 1.40 bits per heavy atom. The van der Waals surface area contributed by atoms with Gasteiger partial charge in [0.2, 0.25) is 0 Å². The summed E-state index contributed by atoms with van der Waals surface area (Å²) in [6.07, 6.45) is -8.45. The Kier molecular flexibility index (Phi) is 10.1. The van der Waals surface area contributed by atoms with Crippen molar-refractivity contribution in [3.05, 3.63) is 119 Å². The number of rotatable bonds is 11. The minimum absolute atomic E-state index is 0.0731. The van der Waals surface area contributed by atoms with Crippen LogP contribution in [0.25, 0.3) is 11.1 Å². The lowest BCUT2D eigenvalue weighted by molar-refractivity contribution is -0.143. The maximum absolute atomic E-state index is 13.2. The minimum Gasteiger partial charge on any atom is -0.493 e. The Morgan fingerprint density at radius 1 is 0.778 bits per heavy atom. The minimum atomic E-state index is -5.17. The van der Waals surface area contributed by atoms with E-state index in [0.717, 1.165) is 28.8 Å². The van der Waals surface area contributed by atoms with Crippen molar-refractivity contribution in [1.82, 2.24) is 0 Å². The highest BCUT2D eigenvalue weighted by Crippen LogP contribution is 2.36. The molecule has 0 unspecified atom stereocenters. The van der Waals surface area contributed by atoms with Crippen molar-refractivity contribution >= 4 is 23.8 Å². The number of hydrogen-bond acceptors (Lipinski definition) is 5. The average Bonchev–Trinajstić information content (AvgIpc) is 3.00. The summed E-state index contributed by atoms with van der Waals surface area (Å²) in [6.45, 7) is 0.232. The van der Waals surface area contributed by atoms with Crippen molar-refractivity contribution in [2.45, 2.75) is 18.8 Å². The number of oxime groups is 1. The Morgan fingerprint density at radius 3 is 2.00 bits per heavy atom. The van der Waals surface area contributed by atoms with E-state index in [1.54, 1.807) is 0 Å². The Balaban J connectivity index is 1.34. The fourth-order valence-corrected chi connectivity index (χ4v) is 4.04. The van der Waals surface area contributed by atoms with Crippen molar-refractivity contribution in [1.29, 1.82) is 0 Å². The fourth-order valence-electron chi connectivity index (χ4n) is 4.04. The van der Waals surface area contributed by atoms with E-state index in [4.69, 9.17) is 9.57 Å². The van der Waals surface area contributed by atoms with Crippen molar-refractivity contribution in [2.75, 3.05) is 18.5 Å². The van der Waals surface area contributed by atoms with E-state index in [2.05, 4.69) is 10.5 Å². The van der Waals surface area contributed by atoms with Gasteiger partial charge in [-0.3, -0.25) is 4.79 Å². The first-order valence-electron chi connectivity index (χ1n) is 13.2. The number of aromatic carboxylic acids is 1. The van der Waals surface area contributed by atoms with Crippen LogP contribution in [0.5, 0.6) is 5.75 Å². The summed E-state index contributed by atoms with van der Waals surface area (Å²) in [5.41, 5.74) is -2.25. The third-order valence-electron chi connectivity index (χ3n) is 6.26. The van der Waals surface area contributed by atoms with E-state index < -0.39 is 52.2 Å². The van der Waals surface area contributed by atoms with Crippen LogP contribution in [0.15, 0.2) is 96.2 Å². The van der Waals surface area contributed by atoms with E-state index in [9.17, 15) is 41.0 Å². The molecule has 2 N–H and O–H groups in total. The van der Waals surface area contributed by atoms with Crippen LogP contribution in [0.2, 0.25) is 0 Å². The molecule has 0 radical (unpaired) electrons. The second kappa shape index (κ2) is 14.0. The first-order valence-corrected chi connectivity index (χ1v) is 13.2. The van der Waals surface area contributed by atoms with E-state index in [-0.39, 0.29) is 37.2 Å². The number of benzene rings is 4. The van der Waals surface area contributed by atoms with Crippen LogP contribution in [-0.2, 0) is 17.2 Å². The van der Waals surface area contributed by atoms with Gasteiger partial charge in [0.15, 0.2) is 0 Å². The number of carboxylic acid groups (broad SMARTS) is 1. The molecular formula is C32H24F6N2O5. The Labute approximate surface area is 252 Å². The molecule has 0 aliphatic heterocycles. The molecule has 0 aliphatic carbocycles. The number of carbonyl (C=O) groups is 2. The Hall–Kier alpha value is -5.33. The zero-order chi connectivity index (χ0) is 32.6. The summed E-state index contributed by atoms with van der Waals surface area (Å²) in [5, 5.41) is 15.4. The summed E-state index contributed by atoms with van der Waals surface area (Å²) in [4.78, 5) is 29.6. The molecule has 45 heavy (non-hydrogen) atoms. The number of ether oxygens (including phenoxy) is 1. The molecule has 0 spiro atoms. The summed E-state index contributed by atoms with van der Waals surface area (Å²) < 4.78 is 84.7. The van der Waals surface area contributed by atoms with Crippen LogP contribution in [0.1, 0.15) is 43.8 Å². The van der Waals surface area contributed by atoms with Crippen LogP contribution in [-0.4, -0.2) is 36.4 Å². The van der Waals surface area contributed by atoms with E-state index in [0.29, 0.717) is 6.42 Å². The maximum Gasteiger partial charge on any atom is 0.416 e. The molecule has 7 nitrogen and oxygen atoms in total. The predicted octanol–water partition coefficient (Wildman–Crippen LogP) is 8.16. The molecule has 13 heteroatoms. The zero-order valence-corrected chi connectivity index (χ0v) is 23.2. The largest absolute Gasteiger partial charge is 0.493 e. The monoisotopic (exact) mass is 630 g/mol. The topological polar surface area (TPSA) is 97.2 Å². The van der Waals surface area contributed by atoms with E-state index in [1.165, 1.54) is 12.3 Å². The average molecular weight is 631 g/mol. The molecule has 0 heterocycles. The number of carbonyl (C=O) groups excluding carboxylic acids is 1. The number of nitrogens with zero attached hydrogens (tertiary/aromatic N) is 1. The lowest BCUT2D eigenvalue weighted by Gasteiger charge is -2.15. The molecule has 0 bridgehead atoms. The molecule has 0 saturated heterocycles. The van der Waals surface area contributed by atoms with Gasteiger partial charge in [-0.2, -0.15) is 26.3 Å². The van der Waals surface area contributed by atoms with Crippen molar-refractivity contribution in [2.24, 2.45) is 5.16 Å². The lowest BCUT2D eigenvalue weighted by atomic mass is 10.0. The fraction of sp³-hybridized carbons (Fsp3) is 0.156. The van der Waals surface area contributed by atoms with Gasteiger partial charge in [0.05, 0.1) is 35.2 Å². The standard InChI is InChI=1S/C32H24F6N2O5/c33-31(34,35)24-15-23(16-25(17-24)32(36,37)38)29(41)40-28-18-26(11-12-27(28)30(42)43)44-13-4-14-45-39-19-20-7-9-22(10-8-20)21-5-2-1-3-6-21/h1-3,5-12,15-19H,4,13-14H2,(H,40,41)(H,42,43)/b39-19-. The molecule has 0 atom stereocenters. The highest BCUT2D eigenvalue weighted by Gasteiger charge is 2.37. The summed E-state index contributed by atoms with van der Waals surface area (Å²) in [7, 11) is 0. The van der Waals surface area contributed by atoms with Crippen LogP contribution < -0.4 is 10.1 Å². The molecule has 1 amide bonds. The zero-order valence-electron chi connectivity index (χ0n) is 23.2. The van der Waals surface area contributed by atoms with Crippen molar-refractivity contribution < 1.29 is 50.6 Å². The van der Waals surface area contributed by atoms with Gasteiger partial charge < -0.3 is 20.0 Å². The first-order chi connectivity index (χ1) is 21.3. The molecule has 0 fully saturated rings. The van der Waals surface area contributed by atoms with Crippen molar-refractivity contribution in [3.8, 4) is 16.9 Å². The molecule has 0 aliphatic rings. The molecule has 0 aromatic heterocycles. The number of amides is 1. The third kappa shape index (κ3) is 9.08. The number of carboxylic acids is 1. The van der Waals surface area contributed by atoms with E-state index in [1.807, 2.05) is 54.6 Å². The normalized spacial score (nSPS) is 11.8. The van der Waals surface area contributed by atoms with E-state index >= 15 is 0 Å². The van der Waals surface area contributed by atoms with Crippen molar-refractivity contribution in [3.63, 3.8) is 0 Å². The second-order valence-electron chi connectivity index (χ2n) is 9.52. The van der Waals surface area contributed by atoms with Gasteiger partial charge >= 0.3 is 18.3 Å². The summed E-state index contributed by atoms with van der Waals surface area (Å²) in [6, 6.07) is 21.3. The van der Waals surface area contributed by atoms with Gasteiger partial charge in [-0.05, 0) is 47.0 Å². The number of anilines is 1. The van der Waals surface area contributed by atoms with Crippen LogP contribution >= 0.6 is 0 Å². The molecule has 4 rings (SSSR count). The molecule has 4 aromatic rings. The number of alkyl halides is 6. The van der Waals surface area contributed by atoms with Gasteiger partial charge in [-0.15, -0.1) is 0 Å². The van der Waals surface area contributed by atoms with Gasteiger partial charge in [0.1, 0.15) is 12.4 Å². The number of nitrogens with one attached hydrogen (secondary N) is 1. The third-order valence-corrected chi connectivity index (χ3v) is 6.26. The number of halogens is 6. The molecule has 234 valence electrons. The quantitative estimate of drug-likeness (QED) is 0.0755. The molecule has 4 aromatic carbocycles. The van der Waals surface area contributed by atoms with Crippen LogP contribution in [0.4, 0.5) is 32.0 Å². The van der Waals surface area contributed by atoms with Crippen LogP contribution in [0, 0.1) is 0 Å². The summed E-state index contributed by atoms with van der Waals surface area (Å²) in [5.74, 6) is -2.80. The van der Waals surface area contributed by atoms with Gasteiger partial charge in [-0.1, -0.05) is 59.8 Å². The first kappa shape index (κ1) is 32.6. The Bertz CT molecular complexity index is 1640. The SMILES string of the molecule is O=C(Nc1cc(OCCCO/N=C\c2ccc(-c3ccccc3)cc2)ccc1C(=O)O)c1cc(C(F)(F)F)cc(C(F)(F)F)c1. The highest BCUT2D eigenvalue weighted by molar-refractivity contribution is 6.08. The highest BCUT2D eigenvalue weighted by atomic mass is 19.4. The maximum atomic E-state index is 13.2. The van der Waals surface area contributed by atoms with Gasteiger partial charge in [0, 0.05) is 18.1 Å². The van der Waals surface area contributed by atoms with Gasteiger partial charge in [-0.25, -0.2) is 4.79 Å². The van der Waals surface area contributed by atoms with Gasteiger partial charge in [0.25, 0.3) is 5.91 Å². The molecule has 0 saturated carbocycles. The molecular weight excluding hydrogens is 606 g/mol. The second-order valence-corrected chi connectivity index (χ2v) is 9.52. The van der Waals surface area contributed by atoms with Crippen LogP contribution in [0.3, 0.4) is 0 Å². The smallest absolute Gasteiger partial charge is 0.416 e. The lowest BCUT2D eigenvalue weighted by Crippen LogP contribution is -2.18. The number of hydrogen-bond donors (Lipinski definition) is 2.